The second-order valence-corrected chi connectivity index (χ2v) is 6.22. The summed E-state index contributed by atoms with van der Waals surface area (Å²) in [6.45, 7) is 0.584. The third-order valence-electron chi connectivity index (χ3n) is 3.87. The molecule has 5 nitrogen and oxygen atoms in total. The fraction of sp³-hybridized carbons (Fsp3) is 0.238. The second kappa shape index (κ2) is 9.42. The SMILES string of the molecule is CN(C)C(=O)c1ccc(/C=C/C(=O)NCCCc2ccc(O)cc2)cc1. The molecule has 0 unspecified atom stereocenters. The number of aryl methyl sites for hydroxylation is 1. The van der Waals surface area contributed by atoms with Crippen molar-refractivity contribution in [2.45, 2.75) is 12.8 Å². The van der Waals surface area contributed by atoms with Gasteiger partial charge in [0.2, 0.25) is 5.91 Å². The van der Waals surface area contributed by atoms with Gasteiger partial charge in [-0.15, -0.1) is 0 Å². The third kappa shape index (κ3) is 6.09. The molecule has 2 aromatic rings. The Morgan fingerprint density at radius 2 is 1.69 bits per heavy atom. The van der Waals surface area contributed by atoms with Crippen LogP contribution in [-0.4, -0.2) is 42.5 Å². The predicted octanol–water partition coefficient (Wildman–Crippen LogP) is 2.86. The average Bonchev–Trinajstić information content (AvgIpc) is 2.64. The maximum Gasteiger partial charge on any atom is 0.253 e. The number of phenolic OH excluding ortho intramolecular Hbond substituents is 1. The van der Waals surface area contributed by atoms with E-state index >= 15 is 0 Å². The molecular weight excluding hydrogens is 328 g/mol. The molecule has 2 amide bonds. The first-order valence-electron chi connectivity index (χ1n) is 8.51. The van der Waals surface area contributed by atoms with Crippen molar-refractivity contribution in [1.29, 1.82) is 0 Å². The summed E-state index contributed by atoms with van der Waals surface area (Å²) in [5, 5.41) is 12.1. The van der Waals surface area contributed by atoms with Crippen LogP contribution in [0.25, 0.3) is 6.08 Å². The molecule has 0 spiro atoms. The number of rotatable bonds is 7. The molecule has 2 rings (SSSR count). The van der Waals surface area contributed by atoms with Crippen molar-refractivity contribution < 1.29 is 14.7 Å². The van der Waals surface area contributed by atoms with Gasteiger partial charge in [-0.1, -0.05) is 24.3 Å². The van der Waals surface area contributed by atoms with Crippen LogP contribution in [0.1, 0.15) is 27.9 Å². The zero-order valence-corrected chi connectivity index (χ0v) is 15.1. The fourth-order valence-electron chi connectivity index (χ4n) is 2.39. The minimum absolute atomic E-state index is 0.0492. The van der Waals surface area contributed by atoms with E-state index in [1.807, 2.05) is 24.3 Å². The lowest BCUT2D eigenvalue weighted by Gasteiger charge is -2.09. The summed E-state index contributed by atoms with van der Waals surface area (Å²) >= 11 is 0. The van der Waals surface area contributed by atoms with Gasteiger partial charge in [0.15, 0.2) is 0 Å². The van der Waals surface area contributed by atoms with Crippen molar-refractivity contribution in [3.05, 3.63) is 71.3 Å². The number of benzene rings is 2. The van der Waals surface area contributed by atoms with Crippen LogP contribution in [0, 0.1) is 0 Å². The molecule has 0 fully saturated rings. The van der Waals surface area contributed by atoms with Gasteiger partial charge < -0.3 is 15.3 Å². The van der Waals surface area contributed by atoms with E-state index in [2.05, 4.69) is 5.32 Å². The predicted molar refractivity (Wildman–Crippen MR) is 103 cm³/mol. The molecule has 0 bridgehead atoms. The summed E-state index contributed by atoms with van der Waals surface area (Å²) in [4.78, 5) is 25.2. The van der Waals surface area contributed by atoms with E-state index < -0.39 is 0 Å². The molecule has 0 radical (unpaired) electrons. The summed E-state index contributed by atoms with van der Waals surface area (Å²) in [5.41, 5.74) is 2.60. The molecule has 5 heteroatoms. The molecule has 0 aliphatic heterocycles. The van der Waals surface area contributed by atoms with Gasteiger partial charge in [-0.25, -0.2) is 0 Å². The molecule has 0 saturated heterocycles. The Labute approximate surface area is 154 Å². The molecule has 136 valence electrons. The molecule has 0 aliphatic rings. The van der Waals surface area contributed by atoms with Crippen LogP contribution < -0.4 is 5.32 Å². The van der Waals surface area contributed by atoms with Crippen LogP contribution >= 0.6 is 0 Å². The van der Waals surface area contributed by atoms with Gasteiger partial charge in [0.05, 0.1) is 0 Å². The maximum atomic E-state index is 11.8. The Hall–Kier alpha value is -3.08. The quantitative estimate of drug-likeness (QED) is 0.595. The second-order valence-electron chi connectivity index (χ2n) is 6.22. The van der Waals surface area contributed by atoms with Crippen LogP contribution in [-0.2, 0) is 11.2 Å². The molecular formula is C21H24N2O3. The fourth-order valence-corrected chi connectivity index (χ4v) is 2.39. The lowest BCUT2D eigenvalue weighted by atomic mass is 10.1. The monoisotopic (exact) mass is 352 g/mol. The van der Waals surface area contributed by atoms with Crippen molar-refractivity contribution in [2.75, 3.05) is 20.6 Å². The van der Waals surface area contributed by atoms with Crippen LogP contribution in [0.5, 0.6) is 5.75 Å². The summed E-state index contributed by atoms with van der Waals surface area (Å²) < 4.78 is 0. The highest BCUT2D eigenvalue weighted by molar-refractivity contribution is 5.94. The smallest absolute Gasteiger partial charge is 0.253 e. The third-order valence-corrected chi connectivity index (χ3v) is 3.87. The molecule has 0 saturated carbocycles. The van der Waals surface area contributed by atoms with Crippen molar-refractivity contribution in [3.8, 4) is 5.75 Å². The van der Waals surface area contributed by atoms with E-state index in [0.29, 0.717) is 12.1 Å². The minimum Gasteiger partial charge on any atom is -0.508 e. The summed E-state index contributed by atoms with van der Waals surface area (Å²) in [6, 6.07) is 14.2. The zero-order chi connectivity index (χ0) is 18.9. The summed E-state index contributed by atoms with van der Waals surface area (Å²) in [7, 11) is 3.42. The average molecular weight is 352 g/mol. The lowest BCUT2D eigenvalue weighted by Crippen LogP contribution is -2.22. The van der Waals surface area contributed by atoms with Gasteiger partial charge in [-0.05, 0) is 54.3 Å². The molecule has 0 atom stereocenters. The van der Waals surface area contributed by atoms with Crippen LogP contribution in [0.3, 0.4) is 0 Å². The maximum absolute atomic E-state index is 11.8. The van der Waals surface area contributed by atoms with Crippen molar-refractivity contribution in [1.82, 2.24) is 10.2 Å². The van der Waals surface area contributed by atoms with Crippen LogP contribution in [0.4, 0.5) is 0 Å². The first-order chi connectivity index (χ1) is 12.5. The van der Waals surface area contributed by atoms with Gasteiger partial charge >= 0.3 is 0 Å². The molecule has 2 N–H and O–H groups in total. The lowest BCUT2D eigenvalue weighted by molar-refractivity contribution is -0.116. The zero-order valence-electron chi connectivity index (χ0n) is 15.1. The van der Waals surface area contributed by atoms with Crippen molar-refractivity contribution in [3.63, 3.8) is 0 Å². The number of hydrogen-bond donors (Lipinski definition) is 2. The first kappa shape index (κ1) is 19.2. The number of amides is 2. The Kier molecular flexibility index (Phi) is 6.97. The van der Waals surface area contributed by atoms with E-state index in [-0.39, 0.29) is 17.6 Å². The topological polar surface area (TPSA) is 69.6 Å². The van der Waals surface area contributed by atoms with Crippen molar-refractivity contribution >= 4 is 17.9 Å². The highest BCUT2D eigenvalue weighted by Gasteiger charge is 2.06. The van der Waals surface area contributed by atoms with E-state index in [1.54, 1.807) is 44.4 Å². The van der Waals surface area contributed by atoms with Gasteiger partial charge in [0.25, 0.3) is 5.91 Å². The van der Waals surface area contributed by atoms with Crippen LogP contribution in [0.15, 0.2) is 54.6 Å². The number of carbonyl (C=O) groups is 2. The van der Waals surface area contributed by atoms with Gasteiger partial charge in [0, 0.05) is 32.3 Å². The summed E-state index contributed by atoms with van der Waals surface area (Å²) in [5.74, 6) is 0.0577. The Bertz CT molecular complexity index is 763. The van der Waals surface area contributed by atoms with Crippen molar-refractivity contribution in [2.24, 2.45) is 0 Å². The van der Waals surface area contributed by atoms with Gasteiger partial charge in [-0.3, -0.25) is 9.59 Å². The Morgan fingerprint density at radius 1 is 1.04 bits per heavy atom. The number of hydrogen-bond acceptors (Lipinski definition) is 3. The van der Waals surface area contributed by atoms with E-state index in [4.69, 9.17) is 0 Å². The Balaban J connectivity index is 1.74. The molecule has 26 heavy (non-hydrogen) atoms. The van der Waals surface area contributed by atoms with Gasteiger partial charge in [-0.2, -0.15) is 0 Å². The van der Waals surface area contributed by atoms with E-state index in [1.165, 1.54) is 11.0 Å². The number of aromatic hydroxyl groups is 1. The van der Waals surface area contributed by atoms with Crippen LogP contribution in [0.2, 0.25) is 0 Å². The molecule has 2 aromatic carbocycles. The molecule has 0 heterocycles. The number of carbonyl (C=O) groups excluding carboxylic acids is 2. The first-order valence-corrected chi connectivity index (χ1v) is 8.51. The van der Waals surface area contributed by atoms with Gasteiger partial charge in [0.1, 0.15) is 5.75 Å². The highest BCUT2D eigenvalue weighted by Crippen LogP contribution is 2.11. The van der Waals surface area contributed by atoms with E-state index in [9.17, 15) is 14.7 Å². The summed E-state index contributed by atoms with van der Waals surface area (Å²) in [6.07, 6.45) is 4.87. The molecule has 0 aromatic heterocycles. The molecule has 0 aliphatic carbocycles. The highest BCUT2D eigenvalue weighted by atomic mass is 16.3. The minimum atomic E-state index is -0.149. The van der Waals surface area contributed by atoms with E-state index in [0.717, 1.165) is 24.0 Å². The normalized spacial score (nSPS) is 10.7. The Morgan fingerprint density at radius 3 is 2.31 bits per heavy atom. The number of nitrogens with zero attached hydrogens (tertiary/aromatic N) is 1. The standard InChI is InChI=1S/C21H24N2O3/c1-23(2)21(26)18-10-5-17(6-11-18)9-14-20(25)22-15-3-4-16-7-12-19(24)13-8-16/h5-14,24H,3-4,15H2,1-2H3,(H,22,25)/b14-9+. The largest absolute Gasteiger partial charge is 0.508 e. The number of phenols is 1. The number of nitrogens with one attached hydrogen (secondary N) is 1.